The van der Waals surface area contributed by atoms with Crippen molar-refractivity contribution < 1.29 is 9.53 Å². The van der Waals surface area contributed by atoms with Crippen LogP contribution in [0.4, 0.5) is 17.1 Å². The zero-order chi connectivity index (χ0) is 18.4. The number of carbonyl (C=O) groups excluding carboxylic acids is 1. The van der Waals surface area contributed by atoms with E-state index in [2.05, 4.69) is 53.6 Å². The lowest BCUT2D eigenvalue weighted by atomic mass is 10.1. The first-order valence-electron chi connectivity index (χ1n) is 9.16. The number of morpholine rings is 1. The van der Waals surface area contributed by atoms with Crippen LogP contribution in [0.25, 0.3) is 0 Å². The molecule has 0 bridgehead atoms. The molecule has 3 rings (SSSR count). The third-order valence-corrected chi connectivity index (χ3v) is 4.59. The van der Waals surface area contributed by atoms with Crippen LogP contribution in [0.15, 0.2) is 42.5 Å². The Morgan fingerprint density at radius 3 is 2.65 bits per heavy atom. The second-order valence-electron chi connectivity index (χ2n) is 6.66. The minimum Gasteiger partial charge on any atom is -0.384 e. The minimum atomic E-state index is 0.0171. The topological polar surface area (TPSA) is 53.6 Å². The Morgan fingerprint density at radius 2 is 1.85 bits per heavy atom. The van der Waals surface area contributed by atoms with Gasteiger partial charge in [0.2, 0.25) is 5.91 Å². The number of benzene rings is 2. The lowest BCUT2D eigenvalue weighted by Crippen LogP contribution is -2.36. The van der Waals surface area contributed by atoms with Gasteiger partial charge in [0, 0.05) is 31.7 Å². The molecule has 1 saturated heterocycles. The average molecular weight is 353 g/mol. The molecule has 2 aromatic carbocycles. The van der Waals surface area contributed by atoms with Crippen molar-refractivity contribution in [3.8, 4) is 0 Å². The predicted octanol–water partition coefficient (Wildman–Crippen LogP) is 3.58. The lowest BCUT2D eigenvalue weighted by Gasteiger charge is -2.30. The number of ether oxygens (including phenoxy) is 1. The summed E-state index contributed by atoms with van der Waals surface area (Å²) in [4.78, 5) is 14.7. The zero-order valence-electron chi connectivity index (χ0n) is 15.5. The molecule has 0 atom stereocenters. The van der Waals surface area contributed by atoms with E-state index in [1.165, 1.54) is 11.1 Å². The Labute approximate surface area is 155 Å². The maximum absolute atomic E-state index is 12.4. The summed E-state index contributed by atoms with van der Waals surface area (Å²) < 4.78 is 5.42. The van der Waals surface area contributed by atoms with E-state index in [-0.39, 0.29) is 5.91 Å². The number of hydrogen-bond acceptors (Lipinski definition) is 4. The Balaban J connectivity index is 1.56. The Hall–Kier alpha value is -2.53. The van der Waals surface area contributed by atoms with E-state index in [0.717, 1.165) is 43.4 Å². The Kier molecular flexibility index (Phi) is 6.12. The maximum atomic E-state index is 12.4. The standard InChI is InChI=1S/C21H27N3O2/c1-16-7-8-17(2)19(15-16)22-10-9-21(25)23-18-5-3-4-6-20(18)24-11-13-26-14-12-24/h3-8,15,22H,9-14H2,1-2H3,(H,23,25). The molecule has 1 heterocycles. The molecule has 2 N–H and O–H groups in total. The van der Waals surface area contributed by atoms with Crippen LogP contribution >= 0.6 is 0 Å². The van der Waals surface area contributed by atoms with Gasteiger partial charge in [-0.3, -0.25) is 4.79 Å². The number of hydrogen-bond donors (Lipinski definition) is 2. The van der Waals surface area contributed by atoms with Gasteiger partial charge in [0.05, 0.1) is 24.6 Å². The van der Waals surface area contributed by atoms with Crippen LogP contribution in [-0.4, -0.2) is 38.8 Å². The molecule has 0 unspecified atom stereocenters. The number of amides is 1. The van der Waals surface area contributed by atoms with Crippen LogP contribution in [0.2, 0.25) is 0 Å². The fourth-order valence-corrected chi connectivity index (χ4v) is 3.11. The molecule has 26 heavy (non-hydrogen) atoms. The van der Waals surface area contributed by atoms with Crippen molar-refractivity contribution in [2.75, 3.05) is 48.4 Å². The molecule has 0 spiro atoms. The number of nitrogens with zero attached hydrogens (tertiary/aromatic N) is 1. The van der Waals surface area contributed by atoms with Crippen molar-refractivity contribution in [2.45, 2.75) is 20.3 Å². The molecule has 5 nitrogen and oxygen atoms in total. The van der Waals surface area contributed by atoms with Gasteiger partial charge in [0.15, 0.2) is 0 Å². The van der Waals surface area contributed by atoms with Crippen LogP contribution in [0.3, 0.4) is 0 Å². The second-order valence-corrected chi connectivity index (χ2v) is 6.66. The van der Waals surface area contributed by atoms with Gasteiger partial charge in [-0.1, -0.05) is 24.3 Å². The highest BCUT2D eigenvalue weighted by atomic mass is 16.5. The van der Waals surface area contributed by atoms with Gasteiger partial charge in [-0.25, -0.2) is 0 Å². The largest absolute Gasteiger partial charge is 0.384 e. The van der Waals surface area contributed by atoms with Crippen molar-refractivity contribution in [1.82, 2.24) is 0 Å². The third-order valence-electron chi connectivity index (χ3n) is 4.59. The van der Waals surface area contributed by atoms with Crippen molar-refractivity contribution in [2.24, 2.45) is 0 Å². The van der Waals surface area contributed by atoms with E-state index in [1.807, 2.05) is 18.2 Å². The molecule has 1 amide bonds. The predicted molar refractivity (Wildman–Crippen MR) is 107 cm³/mol. The highest BCUT2D eigenvalue weighted by Crippen LogP contribution is 2.26. The van der Waals surface area contributed by atoms with E-state index in [4.69, 9.17) is 4.74 Å². The molecule has 1 fully saturated rings. The highest BCUT2D eigenvalue weighted by molar-refractivity contribution is 5.94. The normalized spacial score (nSPS) is 14.2. The molecule has 0 aliphatic carbocycles. The van der Waals surface area contributed by atoms with Crippen molar-refractivity contribution >= 4 is 23.0 Å². The Bertz CT molecular complexity index is 755. The maximum Gasteiger partial charge on any atom is 0.226 e. The van der Waals surface area contributed by atoms with Gasteiger partial charge < -0.3 is 20.3 Å². The summed E-state index contributed by atoms with van der Waals surface area (Å²) in [6, 6.07) is 14.3. The first-order chi connectivity index (χ1) is 12.6. The average Bonchev–Trinajstić information content (AvgIpc) is 2.66. The van der Waals surface area contributed by atoms with Gasteiger partial charge in [-0.05, 0) is 43.2 Å². The first-order valence-corrected chi connectivity index (χ1v) is 9.16. The van der Waals surface area contributed by atoms with Crippen LogP contribution in [-0.2, 0) is 9.53 Å². The van der Waals surface area contributed by atoms with Crippen molar-refractivity contribution in [1.29, 1.82) is 0 Å². The van der Waals surface area contributed by atoms with Crippen molar-refractivity contribution in [3.05, 3.63) is 53.6 Å². The molecule has 0 aromatic heterocycles. The SMILES string of the molecule is Cc1ccc(C)c(NCCC(=O)Nc2ccccc2N2CCOCC2)c1. The molecule has 1 aliphatic heterocycles. The molecule has 138 valence electrons. The highest BCUT2D eigenvalue weighted by Gasteiger charge is 2.15. The summed E-state index contributed by atoms with van der Waals surface area (Å²) in [5.41, 5.74) is 5.42. The summed E-state index contributed by atoms with van der Waals surface area (Å²) in [6.07, 6.45) is 0.421. The minimum absolute atomic E-state index is 0.0171. The first kappa shape index (κ1) is 18.3. The van der Waals surface area contributed by atoms with Gasteiger partial charge in [-0.15, -0.1) is 0 Å². The summed E-state index contributed by atoms with van der Waals surface area (Å²) in [5, 5.41) is 6.42. The number of nitrogens with one attached hydrogen (secondary N) is 2. The second kappa shape index (κ2) is 8.72. The molecule has 0 radical (unpaired) electrons. The molecule has 2 aromatic rings. The smallest absolute Gasteiger partial charge is 0.226 e. The van der Waals surface area contributed by atoms with Gasteiger partial charge in [-0.2, -0.15) is 0 Å². The van der Waals surface area contributed by atoms with Gasteiger partial charge >= 0.3 is 0 Å². The van der Waals surface area contributed by atoms with E-state index in [0.29, 0.717) is 13.0 Å². The quantitative estimate of drug-likeness (QED) is 0.833. The Morgan fingerprint density at radius 1 is 1.08 bits per heavy atom. The molecular formula is C21H27N3O2. The van der Waals surface area contributed by atoms with E-state index in [1.54, 1.807) is 0 Å². The van der Waals surface area contributed by atoms with E-state index in [9.17, 15) is 4.79 Å². The monoisotopic (exact) mass is 353 g/mol. The molecular weight excluding hydrogens is 326 g/mol. The fraction of sp³-hybridized carbons (Fsp3) is 0.381. The fourth-order valence-electron chi connectivity index (χ4n) is 3.11. The number of para-hydroxylation sites is 2. The van der Waals surface area contributed by atoms with Crippen LogP contribution in [0.1, 0.15) is 17.5 Å². The van der Waals surface area contributed by atoms with Crippen LogP contribution < -0.4 is 15.5 Å². The van der Waals surface area contributed by atoms with Crippen LogP contribution in [0.5, 0.6) is 0 Å². The zero-order valence-corrected chi connectivity index (χ0v) is 15.5. The van der Waals surface area contributed by atoms with Gasteiger partial charge in [0.25, 0.3) is 0 Å². The summed E-state index contributed by atoms with van der Waals surface area (Å²) in [5.74, 6) is 0.0171. The number of aryl methyl sites for hydroxylation is 2. The molecule has 0 saturated carbocycles. The van der Waals surface area contributed by atoms with Crippen molar-refractivity contribution in [3.63, 3.8) is 0 Å². The van der Waals surface area contributed by atoms with E-state index < -0.39 is 0 Å². The third kappa shape index (κ3) is 4.76. The lowest BCUT2D eigenvalue weighted by molar-refractivity contribution is -0.115. The molecule has 1 aliphatic rings. The summed E-state index contributed by atoms with van der Waals surface area (Å²) in [7, 11) is 0. The van der Waals surface area contributed by atoms with Crippen LogP contribution in [0, 0.1) is 13.8 Å². The summed E-state index contributed by atoms with van der Waals surface area (Å²) >= 11 is 0. The van der Waals surface area contributed by atoms with Gasteiger partial charge in [0.1, 0.15) is 0 Å². The number of rotatable bonds is 6. The molecule has 5 heteroatoms. The van der Waals surface area contributed by atoms with E-state index >= 15 is 0 Å². The number of carbonyl (C=O) groups is 1. The number of anilines is 3. The summed E-state index contributed by atoms with van der Waals surface area (Å²) in [6.45, 7) is 7.89.